The second-order valence-electron chi connectivity index (χ2n) is 2.90. The van der Waals surface area contributed by atoms with Crippen molar-refractivity contribution in [2.75, 3.05) is 33.4 Å². The summed E-state index contributed by atoms with van der Waals surface area (Å²) in [5.41, 5.74) is 1.02. The molecule has 0 unspecified atom stereocenters. The van der Waals surface area contributed by atoms with Crippen LogP contribution in [-0.2, 0) is 9.53 Å². The Bertz CT molecular complexity index is 169. The largest absolute Gasteiger partial charge is 0.383 e. The van der Waals surface area contributed by atoms with Crippen LogP contribution in [0.25, 0.3) is 0 Å². The van der Waals surface area contributed by atoms with Gasteiger partial charge in [0, 0.05) is 20.2 Å². The van der Waals surface area contributed by atoms with Crippen molar-refractivity contribution >= 4 is 5.91 Å². The highest BCUT2D eigenvalue weighted by atomic mass is 16.5. The number of nitrogens with one attached hydrogen (secondary N) is 2. The molecule has 0 saturated heterocycles. The number of hydrogen-bond acceptors (Lipinski definition) is 3. The van der Waals surface area contributed by atoms with Crippen LogP contribution in [0, 0.1) is 0 Å². The summed E-state index contributed by atoms with van der Waals surface area (Å²) in [6.07, 6.45) is 0. The lowest BCUT2D eigenvalue weighted by molar-refractivity contribution is -0.120. The average Bonchev–Trinajstić information content (AvgIpc) is 2.04. The van der Waals surface area contributed by atoms with Crippen LogP contribution in [0.5, 0.6) is 0 Å². The predicted molar refractivity (Wildman–Crippen MR) is 52.6 cm³/mol. The molecule has 4 nitrogen and oxygen atoms in total. The van der Waals surface area contributed by atoms with Crippen molar-refractivity contribution < 1.29 is 9.53 Å². The predicted octanol–water partition coefficient (Wildman–Crippen LogP) is -0.0853. The van der Waals surface area contributed by atoms with Gasteiger partial charge in [-0.25, -0.2) is 0 Å². The van der Waals surface area contributed by atoms with E-state index in [9.17, 15) is 4.79 Å². The molecule has 4 heteroatoms. The molecule has 0 saturated carbocycles. The summed E-state index contributed by atoms with van der Waals surface area (Å²) >= 11 is 0. The summed E-state index contributed by atoms with van der Waals surface area (Å²) < 4.78 is 4.79. The second-order valence-corrected chi connectivity index (χ2v) is 2.90. The molecule has 0 rings (SSSR count). The number of amides is 1. The summed E-state index contributed by atoms with van der Waals surface area (Å²) in [6.45, 7) is 7.74. The Hall–Kier alpha value is -0.870. The standard InChI is InChI=1S/C9H18N2O2/c1-8(2)6-10-7-9(12)11-4-5-13-3/h10H,1,4-7H2,2-3H3,(H,11,12). The summed E-state index contributed by atoms with van der Waals surface area (Å²) in [4.78, 5) is 11.0. The van der Waals surface area contributed by atoms with Gasteiger partial charge >= 0.3 is 0 Å². The fraction of sp³-hybridized carbons (Fsp3) is 0.667. The Balaban J connectivity index is 3.25. The molecule has 0 bridgehead atoms. The van der Waals surface area contributed by atoms with Gasteiger partial charge in [0.15, 0.2) is 0 Å². The van der Waals surface area contributed by atoms with E-state index in [1.165, 1.54) is 0 Å². The maximum Gasteiger partial charge on any atom is 0.234 e. The van der Waals surface area contributed by atoms with Gasteiger partial charge in [-0.1, -0.05) is 12.2 Å². The van der Waals surface area contributed by atoms with Gasteiger partial charge in [-0.05, 0) is 6.92 Å². The molecule has 0 aliphatic carbocycles. The van der Waals surface area contributed by atoms with E-state index in [0.29, 0.717) is 26.2 Å². The molecule has 0 aromatic rings. The average molecular weight is 186 g/mol. The summed E-state index contributed by atoms with van der Waals surface area (Å²) in [6, 6.07) is 0. The number of methoxy groups -OCH3 is 1. The Morgan fingerprint density at radius 1 is 1.46 bits per heavy atom. The Kier molecular flexibility index (Phi) is 7.24. The van der Waals surface area contributed by atoms with Crippen LogP contribution in [0.4, 0.5) is 0 Å². The highest BCUT2D eigenvalue weighted by Crippen LogP contribution is 1.80. The number of ether oxygens (including phenoxy) is 1. The molecule has 0 aliphatic heterocycles. The van der Waals surface area contributed by atoms with E-state index in [0.717, 1.165) is 5.57 Å². The van der Waals surface area contributed by atoms with Crippen molar-refractivity contribution in [1.29, 1.82) is 0 Å². The molecule has 0 spiro atoms. The third-order valence-corrected chi connectivity index (χ3v) is 1.34. The number of rotatable bonds is 7. The lowest BCUT2D eigenvalue weighted by atomic mass is 10.3. The first-order valence-electron chi connectivity index (χ1n) is 4.27. The van der Waals surface area contributed by atoms with Crippen molar-refractivity contribution in [3.8, 4) is 0 Å². The van der Waals surface area contributed by atoms with Crippen molar-refractivity contribution in [1.82, 2.24) is 10.6 Å². The van der Waals surface area contributed by atoms with E-state index in [1.54, 1.807) is 7.11 Å². The highest BCUT2D eigenvalue weighted by molar-refractivity contribution is 5.77. The lowest BCUT2D eigenvalue weighted by Crippen LogP contribution is -2.36. The normalized spacial score (nSPS) is 9.69. The Morgan fingerprint density at radius 3 is 2.69 bits per heavy atom. The third kappa shape index (κ3) is 9.04. The van der Waals surface area contributed by atoms with Crippen molar-refractivity contribution in [2.45, 2.75) is 6.92 Å². The van der Waals surface area contributed by atoms with Crippen LogP contribution in [0.15, 0.2) is 12.2 Å². The van der Waals surface area contributed by atoms with Crippen LogP contribution >= 0.6 is 0 Å². The molecule has 0 aromatic heterocycles. The molecule has 0 aliphatic rings. The van der Waals surface area contributed by atoms with E-state index >= 15 is 0 Å². The van der Waals surface area contributed by atoms with Crippen molar-refractivity contribution in [2.24, 2.45) is 0 Å². The maximum atomic E-state index is 11.0. The lowest BCUT2D eigenvalue weighted by Gasteiger charge is -2.05. The molecule has 0 aromatic carbocycles. The van der Waals surface area contributed by atoms with Crippen LogP contribution in [0.1, 0.15) is 6.92 Å². The summed E-state index contributed by atoms with van der Waals surface area (Å²) in [5, 5.41) is 5.66. The number of carbonyl (C=O) groups is 1. The van der Waals surface area contributed by atoms with E-state index < -0.39 is 0 Å². The first-order valence-corrected chi connectivity index (χ1v) is 4.27. The molecular weight excluding hydrogens is 168 g/mol. The number of carbonyl (C=O) groups excluding carboxylic acids is 1. The zero-order valence-electron chi connectivity index (χ0n) is 8.35. The second kappa shape index (κ2) is 7.76. The van der Waals surface area contributed by atoms with Crippen LogP contribution in [0.3, 0.4) is 0 Å². The molecular formula is C9H18N2O2. The molecule has 0 fully saturated rings. The van der Waals surface area contributed by atoms with Gasteiger partial charge in [0.2, 0.25) is 5.91 Å². The van der Waals surface area contributed by atoms with Crippen LogP contribution in [0.2, 0.25) is 0 Å². The minimum atomic E-state index is -0.0155. The highest BCUT2D eigenvalue weighted by Gasteiger charge is 1.98. The topological polar surface area (TPSA) is 50.4 Å². The fourth-order valence-corrected chi connectivity index (χ4v) is 0.744. The molecule has 0 heterocycles. The van der Waals surface area contributed by atoms with Gasteiger partial charge in [-0.3, -0.25) is 4.79 Å². The zero-order chi connectivity index (χ0) is 10.1. The van der Waals surface area contributed by atoms with Gasteiger partial charge < -0.3 is 15.4 Å². The Labute approximate surface area is 79.3 Å². The minimum Gasteiger partial charge on any atom is -0.383 e. The molecule has 76 valence electrons. The number of hydrogen-bond donors (Lipinski definition) is 2. The van der Waals surface area contributed by atoms with Gasteiger partial charge in [-0.15, -0.1) is 0 Å². The molecule has 13 heavy (non-hydrogen) atoms. The van der Waals surface area contributed by atoms with Crippen LogP contribution in [-0.4, -0.2) is 39.3 Å². The Morgan fingerprint density at radius 2 is 2.15 bits per heavy atom. The van der Waals surface area contributed by atoms with E-state index in [4.69, 9.17) is 4.74 Å². The zero-order valence-corrected chi connectivity index (χ0v) is 8.35. The first-order chi connectivity index (χ1) is 6.16. The monoisotopic (exact) mass is 186 g/mol. The van der Waals surface area contributed by atoms with Gasteiger partial charge in [0.1, 0.15) is 0 Å². The van der Waals surface area contributed by atoms with Gasteiger partial charge in [0.05, 0.1) is 13.2 Å². The maximum absolute atomic E-state index is 11.0. The van der Waals surface area contributed by atoms with E-state index in [2.05, 4.69) is 17.2 Å². The third-order valence-electron chi connectivity index (χ3n) is 1.34. The SMILES string of the molecule is C=C(C)CNCC(=O)NCCOC. The van der Waals surface area contributed by atoms with E-state index in [1.807, 2.05) is 6.92 Å². The molecule has 0 radical (unpaired) electrons. The summed E-state index contributed by atoms with van der Waals surface area (Å²) in [5.74, 6) is -0.0155. The van der Waals surface area contributed by atoms with Crippen LogP contribution < -0.4 is 10.6 Å². The van der Waals surface area contributed by atoms with Crippen molar-refractivity contribution in [3.05, 3.63) is 12.2 Å². The molecule has 1 amide bonds. The molecule has 2 N–H and O–H groups in total. The fourth-order valence-electron chi connectivity index (χ4n) is 0.744. The van der Waals surface area contributed by atoms with E-state index in [-0.39, 0.29) is 5.91 Å². The van der Waals surface area contributed by atoms with Gasteiger partial charge in [-0.2, -0.15) is 0 Å². The minimum absolute atomic E-state index is 0.0155. The quantitative estimate of drug-likeness (QED) is 0.432. The van der Waals surface area contributed by atoms with Gasteiger partial charge in [0.25, 0.3) is 0 Å². The summed E-state index contributed by atoms with van der Waals surface area (Å²) in [7, 11) is 1.60. The first kappa shape index (κ1) is 12.1. The molecule has 0 atom stereocenters. The van der Waals surface area contributed by atoms with Crippen molar-refractivity contribution in [3.63, 3.8) is 0 Å². The smallest absolute Gasteiger partial charge is 0.234 e.